The van der Waals surface area contributed by atoms with E-state index in [9.17, 15) is 0 Å². The van der Waals surface area contributed by atoms with Crippen LogP contribution in [0.3, 0.4) is 0 Å². The monoisotopic (exact) mass is 356 g/mol. The topological polar surface area (TPSA) is 73.1 Å². The molecule has 0 saturated heterocycles. The SMILES string of the molecule is CCc1ccc(Oc2ncnc(Nc3cccc4ccccc34)c2N)cc1. The standard InChI is InChI=1S/C22H20N4O/c1-2-15-10-12-17(13-11-15)27-22-20(23)21(24-14-25-22)26-19-9-5-7-16-6-3-4-8-18(16)19/h3-14H,2,23H2,1H3,(H,24,25,26). The Labute approximate surface area is 157 Å². The van der Waals surface area contributed by atoms with Crippen molar-refractivity contribution < 1.29 is 4.74 Å². The van der Waals surface area contributed by atoms with E-state index in [1.54, 1.807) is 0 Å². The minimum atomic E-state index is 0.331. The maximum absolute atomic E-state index is 6.27. The van der Waals surface area contributed by atoms with E-state index in [1.165, 1.54) is 11.9 Å². The number of rotatable bonds is 5. The minimum Gasteiger partial charge on any atom is -0.437 e. The molecule has 0 amide bonds. The number of nitrogen functional groups attached to an aromatic ring is 1. The van der Waals surface area contributed by atoms with E-state index in [4.69, 9.17) is 10.5 Å². The molecule has 0 saturated carbocycles. The molecule has 0 aliphatic rings. The highest BCUT2D eigenvalue weighted by molar-refractivity contribution is 5.96. The van der Waals surface area contributed by atoms with Crippen molar-refractivity contribution in [3.8, 4) is 11.6 Å². The summed E-state index contributed by atoms with van der Waals surface area (Å²) in [7, 11) is 0. The molecule has 0 aliphatic carbocycles. The van der Waals surface area contributed by atoms with Gasteiger partial charge in [0.2, 0.25) is 5.88 Å². The summed E-state index contributed by atoms with van der Waals surface area (Å²) in [6.45, 7) is 2.11. The number of fused-ring (bicyclic) bond motifs is 1. The molecule has 0 bridgehead atoms. The molecule has 1 aromatic heterocycles. The summed E-state index contributed by atoms with van der Waals surface area (Å²) in [5.41, 5.74) is 8.81. The maximum atomic E-state index is 6.27. The quantitative estimate of drug-likeness (QED) is 0.507. The fourth-order valence-electron chi connectivity index (χ4n) is 2.93. The number of nitrogens with zero attached hydrogens (tertiary/aromatic N) is 2. The van der Waals surface area contributed by atoms with E-state index in [2.05, 4.69) is 40.4 Å². The van der Waals surface area contributed by atoms with Gasteiger partial charge in [0.05, 0.1) is 0 Å². The van der Waals surface area contributed by atoms with Gasteiger partial charge in [-0.2, -0.15) is 4.98 Å². The van der Waals surface area contributed by atoms with Crippen molar-refractivity contribution in [1.82, 2.24) is 9.97 Å². The molecule has 3 aromatic carbocycles. The lowest BCUT2D eigenvalue weighted by molar-refractivity contribution is 0.464. The molecule has 27 heavy (non-hydrogen) atoms. The predicted octanol–water partition coefficient (Wildman–Crippen LogP) is 5.31. The molecular weight excluding hydrogens is 336 g/mol. The van der Waals surface area contributed by atoms with E-state index in [0.717, 1.165) is 22.9 Å². The third-order valence-electron chi connectivity index (χ3n) is 4.44. The summed E-state index contributed by atoms with van der Waals surface area (Å²) >= 11 is 0. The van der Waals surface area contributed by atoms with E-state index in [1.807, 2.05) is 48.5 Å². The number of nitrogens with one attached hydrogen (secondary N) is 1. The van der Waals surface area contributed by atoms with Crippen LogP contribution in [0.4, 0.5) is 17.2 Å². The molecule has 0 atom stereocenters. The highest BCUT2D eigenvalue weighted by atomic mass is 16.5. The molecule has 0 unspecified atom stereocenters. The Bertz CT molecular complexity index is 1070. The molecule has 0 fully saturated rings. The van der Waals surface area contributed by atoms with Crippen molar-refractivity contribution in [3.63, 3.8) is 0 Å². The first-order chi connectivity index (χ1) is 13.2. The number of nitrogens with two attached hydrogens (primary N) is 1. The lowest BCUT2D eigenvalue weighted by Crippen LogP contribution is -2.03. The maximum Gasteiger partial charge on any atom is 0.248 e. The first kappa shape index (κ1) is 16.8. The van der Waals surface area contributed by atoms with Crippen LogP contribution in [0.15, 0.2) is 73.1 Å². The predicted molar refractivity (Wildman–Crippen MR) is 110 cm³/mol. The Morgan fingerprint density at radius 2 is 1.70 bits per heavy atom. The Morgan fingerprint density at radius 3 is 2.52 bits per heavy atom. The summed E-state index contributed by atoms with van der Waals surface area (Å²) < 4.78 is 5.86. The van der Waals surface area contributed by atoms with Crippen LogP contribution in [0.2, 0.25) is 0 Å². The largest absolute Gasteiger partial charge is 0.437 e. The van der Waals surface area contributed by atoms with Crippen molar-refractivity contribution in [2.24, 2.45) is 0 Å². The van der Waals surface area contributed by atoms with Gasteiger partial charge >= 0.3 is 0 Å². The van der Waals surface area contributed by atoms with Gasteiger partial charge in [0.1, 0.15) is 17.8 Å². The second-order valence-corrected chi connectivity index (χ2v) is 6.19. The Balaban J connectivity index is 1.63. The van der Waals surface area contributed by atoms with Crippen LogP contribution < -0.4 is 15.8 Å². The summed E-state index contributed by atoms with van der Waals surface area (Å²) in [6.07, 6.45) is 2.43. The average Bonchev–Trinajstić information content (AvgIpc) is 2.72. The smallest absolute Gasteiger partial charge is 0.248 e. The number of hydrogen-bond acceptors (Lipinski definition) is 5. The second kappa shape index (κ2) is 7.33. The molecule has 0 aliphatic heterocycles. The number of anilines is 3. The lowest BCUT2D eigenvalue weighted by atomic mass is 10.1. The molecule has 0 spiro atoms. The van der Waals surface area contributed by atoms with Crippen LogP contribution in [0.5, 0.6) is 11.6 Å². The Kier molecular flexibility index (Phi) is 4.58. The van der Waals surface area contributed by atoms with Gasteiger partial charge in [-0.25, -0.2) is 4.98 Å². The van der Waals surface area contributed by atoms with E-state index < -0.39 is 0 Å². The molecular formula is C22H20N4O. The number of hydrogen-bond donors (Lipinski definition) is 2. The Morgan fingerprint density at radius 1 is 0.926 bits per heavy atom. The fourth-order valence-corrected chi connectivity index (χ4v) is 2.93. The zero-order valence-corrected chi connectivity index (χ0v) is 15.0. The van der Waals surface area contributed by atoms with Gasteiger partial charge < -0.3 is 15.8 Å². The van der Waals surface area contributed by atoms with Gasteiger partial charge in [-0.3, -0.25) is 0 Å². The zero-order valence-electron chi connectivity index (χ0n) is 15.0. The van der Waals surface area contributed by atoms with Crippen LogP contribution in [-0.4, -0.2) is 9.97 Å². The molecule has 4 rings (SSSR count). The van der Waals surface area contributed by atoms with E-state index in [-0.39, 0.29) is 0 Å². The molecule has 4 aromatic rings. The van der Waals surface area contributed by atoms with Gasteiger partial charge in [0.25, 0.3) is 0 Å². The minimum absolute atomic E-state index is 0.331. The van der Waals surface area contributed by atoms with Crippen molar-refractivity contribution in [1.29, 1.82) is 0 Å². The number of ether oxygens (including phenoxy) is 1. The lowest BCUT2D eigenvalue weighted by Gasteiger charge is -2.13. The molecule has 5 nitrogen and oxygen atoms in total. The molecule has 1 heterocycles. The average molecular weight is 356 g/mol. The van der Waals surface area contributed by atoms with E-state index >= 15 is 0 Å². The van der Waals surface area contributed by atoms with Gasteiger partial charge in [-0.05, 0) is 35.6 Å². The first-order valence-electron chi connectivity index (χ1n) is 8.86. The molecule has 5 heteroatoms. The normalized spacial score (nSPS) is 10.7. The second-order valence-electron chi connectivity index (χ2n) is 6.19. The number of aromatic nitrogens is 2. The number of benzene rings is 3. The zero-order chi connectivity index (χ0) is 18.6. The van der Waals surface area contributed by atoms with Crippen molar-refractivity contribution >= 4 is 28.0 Å². The first-order valence-corrected chi connectivity index (χ1v) is 8.86. The molecule has 3 N–H and O–H groups in total. The highest BCUT2D eigenvalue weighted by Gasteiger charge is 2.12. The van der Waals surface area contributed by atoms with Gasteiger partial charge in [-0.1, -0.05) is 55.5 Å². The summed E-state index contributed by atoms with van der Waals surface area (Å²) in [4.78, 5) is 8.47. The Hall–Kier alpha value is -3.60. The number of aryl methyl sites for hydroxylation is 1. The highest BCUT2D eigenvalue weighted by Crippen LogP contribution is 2.33. The van der Waals surface area contributed by atoms with Gasteiger partial charge in [0, 0.05) is 11.1 Å². The van der Waals surface area contributed by atoms with Crippen LogP contribution in [0, 0.1) is 0 Å². The van der Waals surface area contributed by atoms with Gasteiger partial charge in [-0.15, -0.1) is 0 Å². The summed E-state index contributed by atoms with van der Waals surface area (Å²) in [5.74, 6) is 1.53. The van der Waals surface area contributed by atoms with Crippen molar-refractivity contribution in [3.05, 3.63) is 78.6 Å². The van der Waals surface area contributed by atoms with E-state index in [0.29, 0.717) is 23.1 Å². The van der Waals surface area contributed by atoms with Crippen LogP contribution in [0.25, 0.3) is 10.8 Å². The van der Waals surface area contributed by atoms with Crippen molar-refractivity contribution in [2.75, 3.05) is 11.1 Å². The van der Waals surface area contributed by atoms with Crippen LogP contribution >= 0.6 is 0 Å². The summed E-state index contributed by atoms with van der Waals surface area (Å²) in [5, 5.41) is 5.54. The molecule has 0 radical (unpaired) electrons. The summed E-state index contributed by atoms with van der Waals surface area (Å²) in [6, 6.07) is 22.1. The van der Waals surface area contributed by atoms with Crippen molar-refractivity contribution in [2.45, 2.75) is 13.3 Å². The van der Waals surface area contributed by atoms with Crippen LogP contribution in [-0.2, 0) is 6.42 Å². The third-order valence-corrected chi connectivity index (χ3v) is 4.44. The third kappa shape index (κ3) is 3.53. The van der Waals surface area contributed by atoms with Crippen LogP contribution in [0.1, 0.15) is 12.5 Å². The molecule has 134 valence electrons. The fraction of sp³-hybridized carbons (Fsp3) is 0.0909. The van der Waals surface area contributed by atoms with Gasteiger partial charge in [0.15, 0.2) is 5.82 Å².